The number of benzene rings is 1. The van der Waals surface area contributed by atoms with Gasteiger partial charge in [-0.05, 0) is 36.6 Å². The highest BCUT2D eigenvalue weighted by Gasteiger charge is 2.12. The molecule has 0 aliphatic heterocycles. The zero-order valence-corrected chi connectivity index (χ0v) is 13.4. The Labute approximate surface area is 143 Å². The molecule has 0 saturated carbocycles. The van der Waals surface area contributed by atoms with E-state index >= 15 is 0 Å². The van der Waals surface area contributed by atoms with Crippen LogP contribution in [0, 0.1) is 0 Å². The minimum atomic E-state index is 0.0481. The lowest BCUT2D eigenvalue weighted by Gasteiger charge is -2.05. The molecule has 1 N–H and O–H groups in total. The third-order valence-electron chi connectivity index (χ3n) is 3.84. The van der Waals surface area contributed by atoms with Crippen LogP contribution < -0.4 is 0 Å². The van der Waals surface area contributed by atoms with Gasteiger partial charge in [-0.3, -0.25) is 0 Å². The smallest absolute Gasteiger partial charge is 0.215 e. The molecule has 5 nitrogen and oxygen atoms in total. The lowest BCUT2D eigenvalue weighted by Crippen LogP contribution is -1.99. The van der Waals surface area contributed by atoms with Crippen LogP contribution in [0.2, 0.25) is 5.02 Å². The number of hydrogen-bond acceptors (Lipinski definition) is 4. The summed E-state index contributed by atoms with van der Waals surface area (Å²) in [5, 5.41) is 15.3. The molecule has 4 aromatic rings. The van der Waals surface area contributed by atoms with E-state index < -0.39 is 0 Å². The predicted octanol–water partition coefficient (Wildman–Crippen LogP) is 4.13. The van der Waals surface area contributed by atoms with Crippen molar-refractivity contribution in [2.75, 3.05) is 0 Å². The van der Waals surface area contributed by atoms with Gasteiger partial charge in [-0.1, -0.05) is 29.8 Å². The van der Waals surface area contributed by atoms with E-state index in [4.69, 9.17) is 16.0 Å². The maximum absolute atomic E-state index is 10.2. The predicted molar refractivity (Wildman–Crippen MR) is 91.2 cm³/mol. The van der Waals surface area contributed by atoms with Crippen molar-refractivity contribution in [1.29, 1.82) is 0 Å². The fourth-order valence-corrected chi connectivity index (χ4v) is 2.88. The zero-order valence-electron chi connectivity index (χ0n) is 12.7. The van der Waals surface area contributed by atoms with Crippen molar-refractivity contribution in [3.05, 3.63) is 71.1 Å². The quantitative estimate of drug-likeness (QED) is 0.607. The highest BCUT2D eigenvalue weighted by atomic mass is 35.5. The first-order valence-electron chi connectivity index (χ1n) is 7.56. The average Bonchev–Trinajstić information content (AvgIpc) is 3.23. The monoisotopic (exact) mass is 339 g/mol. The summed E-state index contributed by atoms with van der Waals surface area (Å²) >= 11 is 6.18. The summed E-state index contributed by atoms with van der Waals surface area (Å²) in [6.07, 6.45) is 3.01. The molecule has 6 heteroatoms. The minimum absolute atomic E-state index is 0.0481. The Morgan fingerprint density at radius 3 is 2.75 bits per heavy atom. The van der Waals surface area contributed by atoms with Gasteiger partial charge in [-0.15, -0.1) is 0 Å². The molecule has 120 valence electrons. The number of furan rings is 1. The fourth-order valence-electron chi connectivity index (χ4n) is 2.65. The second-order valence-corrected chi connectivity index (χ2v) is 5.88. The molecule has 0 spiro atoms. The van der Waals surface area contributed by atoms with Crippen LogP contribution in [0.3, 0.4) is 0 Å². The summed E-state index contributed by atoms with van der Waals surface area (Å²) in [6, 6.07) is 14.8. The van der Waals surface area contributed by atoms with Crippen LogP contribution in [0.4, 0.5) is 0 Å². The molecule has 3 aromatic heterocycles. The summed E-state index contributed by atoms with van der Waals surface area (Å²) in [5.41, 5.74) is 3.05. The van der Waals surface area contributed by atoms with E-state index in [9.17, 15) is 5.11 Å². The SMILES string of the molecule is Oc1cc(CCc2ccccc2Cl)nc2cc(-c3ccco3)nn12. The van der Waals surface area contributed by atoms with E-state index in [0.717, 1.165) is 22.7 Å². The minimum Gasteiger partial charge on any atom is -0.493 e. The molecule has 0 radical (unpaired) electrons. The van der Waals surface area contributed by atoms with Crippen LogP contribution >= 0.6 is 11.6 Å². The van der Waals surface area contributed by atoms with Crippen molar-refractivity contribution < 1.29 is 9.52 Å². The van der Waals surface area contributed by atoms with Gasteiger partial charge in [0.15, 0.2) is 11.4 Å². The molecule has 0 atom stereocenters. The van der Waals surface area contributed by atoms with Crippen LogP contribution in [-0.2, 0) is 12.8 Å². The van der Waals surface area contributed by atoms with Gasteiger partial charge in [0.05, 0.1) is 6.26 Å². The zero-order chi connectivity index (χ0) is 16.5. The van der Waals surface area contributed by atoms with Gasteiger partial charge in [0, 0.05) is 22.8 Å². The molecule has 1 aromatic carbocycles. The van der Waals surface area contributed by atoms with E-state index in [2.05, 4.69) is 10.1 Å². The summed E-state index contributed by atoms with van der Waals surface area (Å²) in [7, 11) is 0. The van der Waals surface area contributed by atoms with E-state index in [-0.39, 0.29) is 5.88 Å². The molecule has 0 amide bonds. The fraction of sp³-hybridized carbons (Fsp3) is 0.111. The maximum Gasteiger partial charge on any atom is 0.215 e. The average molecular weight is 340 g/mol. The van der Waals surface area contributed by atoms with Gasteiger partial charge in [0.2, 0.25) is 5.88 Å². The Morgan fingerprint density at radius 1 is 1.08 bits per heavy atom. The molecule has 0 aliphatic rings. The van der Waals surface area contributed by atoms with Crippen molar-refractivity contribution in [1.82, 2.24) is 14.6 Å². The van der Waals surface area contributed by atoms with Gasteiger partial charge in [0.1, 0.15) is 5.69 Å². The van der Waals surface area contributed by atoms with Crippen molar-refractivity contribution >= 4 is 17.2 Å². The Morgan fingerprint density at radius 2 is 1.96 bits per heavy atom. The van der Waals surface area contributed by atoms with Crippen LogP contribution in [0.25, 0.3) is 17.1 Å². The number of aryl methyl sites for hydroxylation is 2. The molecule has 0 saturated heterocycles. The van der Waals surface area contributed by atoms with E-state index in [1.807, 2.05) is 30.3 Å². The molecule has 3 heterocycles. The number of halogens is 1. The van der Waals surface area contributed by atoms with Crippen LogP contribution in [0.5, 0.6) is 5.88 Å². The normalized spacial score (nSPS) is 11.2. The second-order valence-electron chi connectivity index (χ2n) is 5.47. The number of aromatic hydroxyl groups is 1. The number of hydrogen-bond donors (Lipinski definition) is 1. The number of aromatic nitrogens is 3. The Balaban J connectivity index is 1.64. The molecule has 0 aliphatic carbocycles. The largest absolute Gasteiger partial charge is 0.493 e. The highest BCUT2D eigenvalue weighted by Crippen LogP contribution is 2.23. The van der Waals surface area contributed by atoms with Crippen LogP contribution in [-0.4, -0.2) is 19.7 Å². The van der Waals surface area contributed by atoms with Gasteiger partial charge < -0.3 is 9.52 Å². The Bertz CT molecular complexity index is 993. The molecule has 4 rings (SSSR count). The molecule has 0 bridgehead atoms. The van der Waals surface area contributed by atoms with Crippen molar-refractivity contribution in [3.8, 4) is 17.3 Å². The van der Waals surface area contributed by atoms with E-state index in [0.29, 0.717) is 23.5 Å². The molecule has 0 unspecified atom stereocenters. The first kappa shape index (κ1) is 14.8. The Kier molecular flexibility index (Phi) is 3.70. The standard InChI is InChI=1S/C18H14ClN3O2/c19-14-5-2-1-4-12(14)7-8-13-10-18(23)22-17(20-13)11-15(21-22)16-6-3-9-24-16/h1-6,9-11,23H,7-8H2. The lowest BCUT2D eigenvalue weighted by molar-refractivity contribution is 0.434. The molecular formula is C18H14ClN3O2. The lowest BCUT2D eigenvalue weighted by atomic mass is 10.1. The van der Waals surface area contributed by atoms with Gasteiger partial charge >= 0.3 is 0 Å². The first-order chi connectivity index (χ1) is 11.7. The van der Waals surface area contributed by atoms with E-state index in [1.165, 1.54) is 4.52 Å². The van der Waals surface area contributed by atoms with Crippen molar-refractivity contribution in [3.63, 3.8) is 0 Å². The molecular weight excluding hydrogens is 326 g/mol. The molecule has 0 fully saturated rings. The van der Waals surface area contributed by atoms with Gasteiger partial charge in [0.25, 0.3) is 0 Å². The summed E-state index contributed by atoms with van der Waals surface area (Å²) in [6.45, 7) is 0. The first-order valence-corrected chi connectivity index (χ1v) is 7.94. The number of rotatable bonds is 4. The third kappa shape index (κ3) is 2.74. The maximum atomic E-state index is 10.2. The Hall–Kier alpha value is -2.79. The van der Waals surface area contributed by atoms with Gasteiger partial charge in [-0.25, -0.2) is 4.98 Å². The van der Waals surface area contributed by atoms with Crippen molar-refractivity contribution in [2.45, 2.75) is 12.8 Å². The number of nitrogens with zero attached hydrogens (tertiary/aromatic N) is 3. The van der Waals surface area contributed by atoms with Crippen LogP contribution in [0.1, 0.15) is 11.3 Å². The van der Waals surface area contributed by atoms with Crippen LogP contribution in [0.15, 0.2) is 59.2 Å². The number of fused-ring (bicyclic) bond motifs is 1. The van der Waals surface area contributed by atoms with Crippen molar-refractivity contribution in [2.24, 2.45) is 0 Å². The van der Waals surface area contributed by atoms with Gasteiger partial charge in [-0.2, -0.15) is 9.61 Å². The summed E-state index contributed by atoms with van der Waals surface area (Å²) < 4.78 is 6.74. The third-order valence-corrected chi connectivity index (χ3v) is 4.21. The summed E-state index contributed by atoms with van der Waals surface area (Å²) in [4.78, 5) is 4.57. The van der Waals surface area contributed by atoms with E-state index in [1.54, 1.807) is 24.5 Å². The second kappa shape index (κ2) is 6.02. The summed E-state index contributed by atoms with van der Waals surface area (Å²) in [5.74, 6) is 0.685. The topological polar surface area (TPSA) is 63.6 Å². The molecule has 24 heavy (non-hydrogen) atoms. The highest BCUT2D eigenvalue weighted by molar-refractivity contribution is 6.31.